The molecule has 0 amide bonds. The van der Waals surface area contributed by atoms with Gasteiger partial charge in [0.2, 0.25) is 0 Å². The van der Waals surface area contributed by atoms with E-state index in [0.29, 0.717) is 24.3 Å². The number of aromatic carboxylic acids is 1. The Morgan fingerprint density at radius 3 is 2.12 bits per heavy atom. The lowest BCUT2D eigenvalue weighted by Crippen LogP contribution is -2.47. The topological polar surface area (TPSA) is 86.9 Å². The van der Waals surface area contributed by atoms with Crippen LogP contribution in [-0.4, -0.2) is 42.2 Å². The van der Waals surface area contributed by atoms with E-state index in [9.17, 15) is 20.0 Å². The monoisotopic (exact) mass is 355 g/mol. The average Bonchev–Trinajstić information content (AvgIpc) is 2.61. The van der Waals surface area contributed by atoms with Crippen LogP contribution in [0.25, 0.3) is 0 Å². The third-order valence-corrected chi connectivity index (χ3v) is 4.83. The highest BCUT2D eigenvalue weighted by Gasteiger charge is 2.26. The van der Waals surface area contributed by atoms with Gasteiger partial charge >= 0.3 is 5.97 Å². The largest absolute Gasteiger partial charge is 0.478 e. The summed E-state index contributed by atoms with van der Waals surface area (Å²) in [5.41, 5.74) is 3.21. The molecule has 1 aliphatic rings. The molecule has 0 bridgehead atoms. The third kappa shape index (κ3) is 3.33. The van der Waals surface area contributed by atoms with E-state index in [1.165, 1.54) is 17.3 Å². The second-order valence-corrected chi connectivity index (χ2v) is 6.48. The summed E-state index contributed by atoms with van der Waals surface area (Å²) in [5, 5.41) is 20.7. The van der Waals surface area contributed by atoms with Crippen LogP contribution in [0.3, 0.4) is 0 Å². The minimum Gasteiger partial charge on any atom is -0.478 e. The van der Waals surface area contributed by atoms with Crippen molar-refractivity contribution in [2.45, 2.75) is 13.8 Å². The van der Waals surface area contributed by atoms with Gasteiger partial charge in [-0.1, -0.05) is 18.2 Å². The Morgan fingerprint density at radius 1 is 1.00 bits per heavy atom. The van der Waals surface area contributed by atoms with Gasteiger partial charge in [0.05, 0.1) is 10.5 Å². The van der Waals surface area contributed by atoms with E-state index in [4.69, 9.17) is 0 Å². The van der Waals surface area contributed by atoms with Gasteiger partial charge in [-0.3, -0.25) is 10.1 Å². The minimum absolute atomic E-state index is 0.0287. The van der Waals surface area contributed by atoms with Gasteiger partial charge in [0.15, 0.2) is 0 Å². The highest BCUT2D eigenvalue weighted by Crippen LogP contribution is 2.33. The van der Waals surface area contributed by atoms with Crippen LogP contribution in [0.4, 0.5) is 17.1 Å². The fourth-order valence-corrected chi connectivity index (χ4v) is 3.42. The molecule has 0 aliphatic carbocycles. The molecule has 1 saturated heterocycles. The number of carbonyl (C=O) groups is 1. The Morgan fingerprint density at radius 2 is 1.58 bits per heavy atom. The smallest absolute Gasteiger partial charge is 0.336 e. The number of para-hydroxylation sites is 1. The Hall–Kier alpha value is -3.09. The third-order valence-electron chi connectivity index (χ3n) is 4.83. The molecule has 7 heteroatoms. The van der Waals surface area contributed by atoms with Gasteiger partial charge in [-0.25, -0.2) is 4.79 Å². The van der Waals surface area contributed by atoms with Gasteiger partial charge in [-0.2, -0.15) is 0 Å². The zero-order chi connectivity index (χ0) is 18.8. The summed E-state index contributed by atoms with van der Waals surface area (Å²) in [4.78, 5) is 26.5. The molecule has 2 aromatic rings. The number of piperazine rings is 1. The van der Waals surface area contributed by atoms with E-state index < -0.39 is 10.9 Å². The number of hydrogen-bond acceptors (Lipinski definition) is 5. The average molecular weight is 355 g/mol. The van der Waals surface area contributed by atoms with Crippen LogP contribution in [0.15, 0.2) is 36.4 Å². The number of aryl methyl sites for hydroxylation is 2. The van der Waals surface area contributed by atoms with E-state index in [0.717, 1.165) is 13.1 Å². The van der Waals surface area contributed by atoms with E-state index in [1.807, 2.05) is 17.0 Å². The molecule has 3 rings (SSSR count). The summed E-state index contributed by atoms with van der Waals surface area (Å²) < 4.78 is 0. The number of nitro benzene ring substituents is 1. The first kappa shape index (κ1) is 17.7. The van der Waals surface area contributed by atoms with Crippen molar-refractivity contribution in [1.29, 1.82) is 0 Å². The second kappa shape index (κ2) is 7.03. The summed E-state index contributed by atoms with van der Waals surface area (Å²) >= 11 is 0. The summed E-state index contributed by atoms with van der Waals surface area (Å²) in [6.45, 7) is 6.52. The quantitative estimate of drug-likeness (QED) is 0.669. The van der Waals surface area contributed by atoms with Crippen molar-refractivity contribution in [2.24, 2.45) is 0 Å². The fourth-order valence-electron chi connectivity index (χ4n) is 3.42. The maximum atomic E-state index is 11.5. The molecule has 0 saturated carbocycles. The van der Waals surface area contributed by atoms with Gasteiger partial charge in [-0.05, 0) is 37.1 Å². The first-order valence-corrected chi connectivity index (χ1v) is 8.46. The summed E-state index contributed by atoms with van der Waals surface area (Å²) in [7, 11) is 0. The first-order valence-electron chi connectivity index (χ1n) is 8.46. The van der Waals surface area contributed by atoms with Crippen molar-refractivity contribution in [2.75, 3.05) is 36.0 Å². The van der Waals surface area contributed by atoms with Crippen LogP contribution in [0.2, 0.25) is 0 Å². The Labute approximate surface area is 151 Å². The van der Waals surface area contributed by atoms with E-state index >= 15 is 0 Å². The van der Waals surface area contributed by atoms with Crippen molar-refractivity contribution >= 4 is 23.0 Å². The lowest BCUT2D eigenvalue weighted by atomic mass is 10.0. The van der Waals surface area contributed by atoms with E-state index in [-0.39, 0.29) is 11.3 Å². The van der Waals surface area contributed by atoms with Crippen LogP contribution < -0.4 is 9.80 Å². The highest BCUT2D eigenvalue weighted by molar-refractivity contribution is 5.91. The van der Waals surface area contributed by atoms with Crippen LogP contribution in [0.1, 0.15) is 21.5 Å². The number of anilines is 2. The van der Waals surface area contributed by atoms with E-state index in [2.05, 4.69) is 24.0 Å². The molecule has 1 aliphatic heterocycles. The number of carboxylic acids is 1. The molecule has 0 unspecified atom stereocenters. The van der Waals surface area contributed by atoms with Crippen LogP contribution in [0, 0.1) is 24.0 Å². The molecule has 0 aromatic heterocycles. The Balaban J connectivity index is 1.85. The molecule has 7 nitrogen and oxygen atoms in total. The Bertz CT molecular complexity index is 858. The van der Waals surface area contributed by atoms with Crippen molar-refractivity contribution in [1.82, 2.24) is 0 Å². The molecule has 1 N–H and O–H groups in total. The van der Waals surface area contributed by atoms with E-state index in [1.54, 1.807) is 13.0 Å². The molecule has 1 heterocycles. The van der Waals surface area contributed by atoms with Crippen LogP contribution >= 0.6 is 0 Å². The molecule has 26 heavy (non-hydrogen) atoms. The predicted octanol–water partition coefficient (Wildman–Crippen LogP) is 3.24. The molecule has 0 atom stereocenters. The van der Waals surface area contributed by atoms with Gasteiger partial charge in [0.25, 0.3) is 5.69 Å². The normalized spacial score (nSPS) is 14.4. The zero-order valence-electron chi connectivity index (χ0n) is 14.8. The highest BCUT2D eigenvalue weighted by atomic mass is 16.6. The molecule has 1 fully saturated rings. The van der Waals surface area contributed by atoms with Crippen LogP contribution in [0.5, 0.6) is 0 Å². The number of hydrogen-bond donors (Lipinski definition) is 1. The summed E-state index contributed by atoms with van der Waals surface area (Å²) in [6, 6.07) is 10.9. The summed E-state index contributed by atoms with van der Waals surface area (Å²) in [5.74, 6) is -1.15. The van der Waals surface area contributed by atoms with Gasteiger partial charge in [0.1, 0.15) is 5.69 Å². The number of nitrogens with zero attached hydrogens (tertiary/aromatic N) is 3. The SMILES string of the molecule is Cc1cc(N2CCN(c3ccccc3C)CC2)c([N+](=O)[O-])cc1C(=O)O. The maximum absolute atomic E-state index is 11.5. The molecule has 0 spiro atoms. The first-order chi connectivity index (χ1) is 12.4. The molecule has 0 radical (unpaired) electrons. The second-order valence-electron chi connectivity index (χ2n) is 6.48. The molecule has 136 valence electrons. The summed E-state index contributed by atoms with van der Waals surface area (Å²) in [6.07, 6.45) is 0. The van der Waals surface area contributed by atoms with Crippen molar-refractivity contribution in [3.8, 4) is 0 Å². The Kier molecular flexibility index (Phi) is 4.79. The van der Waals surface area contributed by atoms with Crippen LogP contribution in [-0.2, 0) is 0 Å². The fraction of sp³-hybridized carbons (Fsp3) is 0.316. The predicted molar refractivity (Wildman–Crippen MR) is 100 cm³/mol. The maximum Gasteiger partial charge on any atom is 0.336 e. The van der Waals surface area contributed by atoms with Crippen molar-refractivity contribution in [3.05, 3.63) is 63.2 Å². The van der Waals surface area contributed by atoms with Crippen molar-refractivity contribution < 1.29 is 14.8 Å². The van der Waals surface area contributed by atoms with Gasteiger partial charge in [0, 0.05) is 37.9 Å². The minimum atomic E-state index is -1.15. The molecule has 2 aromatic carbocycles. The van der Waals surface area contributed by atoms with Gasteiger partial charge in [-0.15, -0.1) is 0 Å². The molecular weight excluding hydrogens is 334 g/mol. The molecular formula is C19H21N3O4. The zero-order valence-corrected chi connectivity index (χ0v) is 14.8. The number of rotatable bonds is 4. The lowest BCUT2D eigenvalue weighted by Gasteiger charge is -2.37. The lowest BCUT2D eigenvalue weighted by molar-refractivity contribution is -0.384. The van der Waals surface area contributed by atoms with Gasteiger partial charge < -0.3 is 14.9 Å². The number of carboxylic acid groups (broad SMARTS) is 1. The standard InChI is InChI=1S/C19H21N3O4/c1-13-5-3-4-6-16(13)20-7-9-21(10-8-20)17-11-14(2)15(19(23)24)12-18(17)22(25)26/h3-6,11-12H,7-10H2,1-2H3,(H,23,24). The number of nitro groups is 1. The van der Waals surface area contributed by atoms with Crippen molar-refractivity contribution in [3.63, 3.8) is 0 Å². The number of benzene rings is 2.